The van der Waals surface area contributed by atoms with Gasteiger partial charge in [0, 0.05) is 24.9 Å². The van der Waals surface area contributed by atoms with E-state index < -0.39 is 6.10 Å². The first-order valence-corrected chi connectivity index (χ1v) is 25.7. The van der Waals surface area contributed by atoms with Crippen molar-refractivity contribution < 1.29 is 24.2 Å². The van der Waals surface area contributed by atoms with Crippen molar-refractivity contribution in [1.29, 1.82) is 0 Å². The molecule has 1 rings (SSSR count). The van der Waals surface area contributed by atoms with E-state index in [2.05, 4.69) is 67.8 Å². The molecule has 0 aromatic heterocycles. The topological polar surface area (TPSA) is 84.9 Å². The molecule has 0 aliphatic heterocycles. The van der Waals surface area contributed by atoms with Crippen molar-refractivity contribution in [3.05, 3.63) is 72.4 Å². The van der Waals surface area contributed by atoms with Gasteiger partial charge >= 0.3 is 11.9 Å². The average Bonchev–Trinajstić information content (AvgIpc) is 3.24. The first kappa shape index (κ1) is 60.3. The molecule has 0 saturated heterocycles. The lowest BCUT2D eigenvalue weighted by Gasteiger charge is -2.23. The van der Waals surface area contributed by atoms with E-state index in [0.717, 1.165) is 25.7 Å². The van der Waals surface area contributed by atoms with Gasteiger partial charge in [0.05, 0.1) is 6.10 Å². The molecule has 6 nitrogen and oxygen atoms in total. The zero-order valence-corrected chi connectivity index (χ0v) is 42.1. The van der Waals surface area contributed by atoms with Gasteiger partial charge in [-0.15, -0.1) is 12.4 Å². The molecular formula is C56H96ClNO5. The van der Waals surface area contributed by atoms with Crippen LogP contribution in [0.2, 0.25) is 0 Å². The van der Waals surface area contributed by atoms with Crippen molar-refractivity contribution in [3.63, 3.8) is 0 Å². The van der Waals surface area contributed by atoms with Crippen LogP contribution in [-0.4, -0.2) is 29.1 Å². The number of hydrogen-bond donors (Lipinski definition) is 2. The van der Waals surface area contributed by atoms with Crippen LogP contribution in [0.25, 0.3) is 0 Å². The Labute approximate surface area is 394 Å². The van der Waals surface area contributed by atoms with Crippen molar-refractivity contribution in [3.8, 4) is 11.5 Å². The van der Waals surface area contributed by atoms with Gasteiger partial charge in [0.2, 0.25) is 0 Å². The number of carbonyl (C=O) groups is 2. The highest BCUT2D eigenvalue weighted by Crippen LogP contribution is 2.32. The number of esters is 2. The number of unbranched alkanes of at least 4 members (excludes halogenated alkanes) is 24. The Morgan fingerprint density at radius 2 is 0.825 bits per heavy atom. The molecule has 0 bridgehead atoms. The van der Waals surface area contributed by atoms with Crippen LogP contribution in [0.5, 0.6) is 11.5 Å². The lowest BCUT2D eigenvalue weighted by atomic mass is 10.1. The van der Waals surface area contributed by atoms with Crippen LogP contribution < -0.4 is 14.8 Å². The monoisotopic (exact) mass is 898 g/mol. The summed E-state index contributed by atoms with van der Waals surface area (Å²) in [5, 5.41) is 14.2. The number of halogens is 1. The molecule has 0 aliphatic rings. The molecular weight excluding hydrogens is 802 g/mol. The quantitative estimate of drug-likeness (QED) is 0.0295. The van der Waals surface area contributed by atoms with E-state index in [1.165, 1.54) is 154 Å². The van der Waals surface area contributed by atoms with Crippen LogP contribution in [0.15, 0.2) is 66.8 Å². The predicted molar refractivity (Wildman–Crippen MR) is 273 cm³/mol. The molecule has 0 amide bonds. The van der Waals surface area contributed by atoms with E-state index in [-0.39, 0.29) is 54.2 Å². The summed E-state index contributed by atoms with van der Waals surface area (Å²) in [6, 6.07) is 4.98. The maximum Gasteiger partial charge on any atom is 0.311 e. The standard InChI is InChI=1S/C56H95NO5.ClH/c1-6-8-10-12-14-16-18-20-22-24-26-28-30-32-34-36-38-40-42-44-54(59)61-52-47-46-50(51(58)49-57-56(3,4)5)48-53(52)62-55(60)45-43-41-39-37-35-33-31-29-27-25-23-21-19-17-15-13-11-9-7-2;/h20-23,36-39,46-48,51,57-58H,6-19,24-35,40-45,49H2,1-5H3;1H. The Morgan fingerprint density at radius 3 is 1.17 bits per heavy atom. The second kappa shape index (κ2) is 43.2. The van der Waals surface area contributed by atoms with Crippen molar-refractivity contribution in [2.24, 2.45) is 0 Å². The van der Waals surface area contributed by atoms with Crippen molar-refractivity contribution >= 4 is 24.3 Å². The van der Waals surface area contributed by atoms with E-state index in [0.29, 0.717) is 24.9 Å². The van der Waals surface area contributed by atoms with Gasteiger partial charge in [0.1, 0.15) is 0 Å². The highest BCUT2D eigenvalue weighted by atomic mass is 35.5. The minimum absolute atomic E-state index is 0. The van der Waals surface area contributed by atoms with Crippen molar-refractivity contribution in [1.82, 2.24) is 5.32 Å². The Bertz CT molecular complexity index is 1350. The maximum atomic E-state index is 13.0. The van der Waals surface area contributed by atoms with Gasteiger partial charge in [-0.3, -0.25) is 9.59 Å². The van der Waals surface area contributed by atoms with Crippen molar-refractivity contribution in [2.75, 3.05) is 6.54 Å². The third kappa shape index (κ3) is 39.4. The summed E-state index contributed by atoms with van der Waals surface area (Å²) in [6.07, 6.45) is 54.4. The number of benzene rings is 1. The van der Waals surface area contributed by atoms with Crippen molar-refractivity contribution in [2.45, 2.75) is 252 Å². The summed E-state index contributed by atoms with van der Waals surface area (Å²) < 4.78 is 11.5. The Balaban J connectivity index is 0.0000384. The summed E-state index contributed by atoms with van der Waals surface area (Å²) in [5.41, 5.74) is 0.427. The summed E-state index contributed by atoms with van der Waals surface area (Å²) in [6.45, 7) is 11.0. The van der Waals surface area contributed by atoms with Gasteiger partial charge in [-0.2, -0.15) is 0 Å². The summed E-state index contributed by atoms with van der Waals surface area (Å²) in [4.78, 5) is 25.8. The number of carbonyl (C=O) groups excluding carboxylic acids is 2. The largest absolute Gasteiger partial charge is 0.423 e. The Hall–Kier alpha value is -2.67. The molecule has 0 heterocycles. The molecule has 1 unspecified atom stereocenters. The molecule has 362 valence electrons. The number of β-amino-alcohol motifs (C(OH)–C–C–N with tert-alkyl or cyclic N) is 1. The van der Waals surface area contributed by atoms with Crippen LogP contribution in [0.4, 0.5) is 0 Å². The molecule has 0 aliphatic carbocycles. The Kier molecular flexibility index (Phi) is 41.4. The average molecular weight is 899 g/mol. The van der Waals surface area contributed by atoms with Crippen LogP contribution in [0, 0.1) is 0 Å². The van der Waals surface area contributed by atoms with E-state index in [4.69, 9.17) is 9.47 Å². The molecule has 2 N–H and O–H groups in total. The molecule has 63 heavy (non-hydrogen) atoms. The van der Waals surface area contributed by atoms with Gasteiger partial charge in [0.15, 0.2) is 11.5 Å². The van der Waals surface area contributed by atoms with E-state index >= 15 is 0 Å². The van der Waals surface area contributed by atoms with E-state index in [1.807, 2.05) is 20.8 Å². The van der Waals surface area contributed by atoms with Crippen LogP contribution >= 0.6 is 12.4 Å². The van der Waals surface area contributed by atoms with E-state index in [9.17, 15) is 14.7 Å². The smallest absolute Gasteiger partial charge is 0.311 e. The first-order valence-electron chi connectivity index (χ1n) is 25.7. The SMILES string of the molecule is CCCCCCCCC=CCCCCCCC=CCCCC(=O)Oc1ccc(C(O)CNC(C)(C)C)cc1OC(=O)CCCC=CCCCCCCC=CCCCCCCCC.Cl. The number of nitrogens with one attached hydrogen (secondary N) is 1. The molecule has 0 saturated carbocycles. The number of aliphatic hydroxyl groups is 1. The van der Waals surface area contributed by atoms with Gasteiger partial charge in [-0.05, 0) is 141 Å². The number of hydrogen-bond acceptors (Lipinski definition) is 6. The lowest BCUT2D eigenvalue weighted by molar-refractivity contribution is -0.137. The fraction of sp³-hybridized carbons (Fsp3) is 0.714. The molecule has 1 aromatic carbocycles. The second-order valence-electron chi connectivity index (χ2n) is 18.6. The summed E-state index contributed by atoms with van der Waals surface area (Å²) >= 11 is 0. The highest BCUT2D eigenvalue weighted by Gasteiger charge is 2.19. The maximum absolute atomic E-state index is 13.0. The third-order valence-corrected chi connectivity index (χ3v) is 11.2. The first-order chi connectivity index (χ1) is 30.2. The van der Waals surface area contributed by atoms with Gasteiger partial charge in [0.25, 0.3) is 0 Å². The number of aliphatic hydroxyl groups excluding tert-OH is 1. The summed E-state index contributed by atoms with van der Waals surface area (Å²) in [7, 11) is 0. The number of allylic oxidation sites excluding steroid dienone is 8. The van der Waals surface area contributed by atoms with Gasteiger partial charge in [-0.1, -0.05) is 158 Å². The summed E-state index contributed by atoms with van der Waals surface area (Å²) in [5.74, 6) is -0.364. The molecule has 0 spiro atoms. The molecule has 1 aromatic rings. The molecule has 7 heteroatoms. The van der Waals surface area contributed by atoms with Gasteiger partial charge in [-0.25, -0.2) is 0 Å². The minimum atomic E-state index is -0.813. The fourth-order valence-corrected chi connectivity index (χ4v) is 7.28. The van der Waals surface area contributed by atoms with E-state index in [1.54, 1.807) is 18.2 Å². The third-order valence-electron chi connectivity index (χ3n) is 11.2. The normalized spacial score (nSPS) is 12.5. The van der Waals surface area contributed by atoms with Crippen LogP contribution in [-0.2, 0) is 9.59 Å². The Morgan fingerprint density at radius 1 is 0.508 bits per heavy atom. The van der Waals surface area contributed by atoms with Crippen LogP contribution in [0.1, 0.15) is 252 Å². The molecule has 1 atom stereocenters. The molecule has 0 radical (unpaired) electrons. The number of rotatable bonds is 41. The zero-order chi connectivity index (χ0) is 45.2. The zero-order valence-electron chi connectivity index (χ0n) is 41.3. The minimum Gasteiger partial charge on any atom is -0.423 e. The van der Waals surface area contributed by atoms with Crippen LogP contribution in [0.3, 0.4) is 0 Å². The van der Waals surface area contributed by atoms with Gasteiger partial charge < -0.3 is 19.9 Å². The fourth-order valence-electron chi connectivity index (χ4n) is 7.28. The second-order valence-corrected chi connectivity index (χ2v) is 18.6. The number of ether oxygens (including phenoxy) is 2. The predicted octanol–water partition coefficient (Wildman–Crippen LogP) is 17.1. The highest BCUT2D eigenvalue weighted by molar-refractivity contribution is 5.85. The lowest BCUT2D eigenvalue weighted by Crippen LogP contribution is -2.38. The molecule has 0 fully saturated rings.